The zero-order valence-electron chi connectivity index (χ0n) is 8.66. The predicted molar refractivity (Wildman–Crippen MR) is 61.0 cm³/mol. The number of fused-ring (bicyclic) bond motifs is 2. The summed E-state index contributed by atoms with van der Waals surface area (Å²) >= 11 is 6.00. The predicted octanol–water partition coefficient (Wildman–Crippen LogP) is 2.56. The van der Waals surface area contributed by atoms with E-state index in [0.29, 0.717) is 0 Å². The fourth-order valence-electron chi connectivity index (χ4n) is 2.94. The van der Waals surface area contributed by atoms with Crippen molar-refractivity contribution in [2.75, 3.05) is 0 Å². The van der Waals surface area contributed by atoms with Crippen molar-refractivity contribution in [2.45, 2.75) is 30.7 Å². The molecule has 3 nitrogen and oxygen atoms in total. The molecule has 2 aliphatic carbocycles. The van der Waals surface area contributed by atoms with Gasteiger partial charge < -0.3 is 10.4 Å². The maximum absolute atomic E-state index is 10.6. The molecule has 2 atom stereocenters. The molecule has 1 aromatic rings. The number of halogens is 1. The summed E-state index contributed by atoms with van der Waals surface area (Å²) in [6.07, 6.45) is 2.04. The second kappa shape index (κ2) is 3.14. The van der Waals surface area contributed by atoms with Crippen LogP contribution in [-0.4, -0.2) is 17.2 Å². The van der Waals surface area contributed by atoms with Gasteiger partial charge in [0.1, 0.15) is 0 Å². The minimum atomic E-state index is -0.933. The molecule has 1 fully saturated rings. The third kappa shape index (κ3) is 1.31. The van der Waals surface area contributed by atoms with Crippen molar-refractivity contribution in [3.05, 3.63) is 34.3 Å². The smallest absolute Gasteiger partial charge is 0.404 e. The van der Waals surface area contributed by atoms with Gasteiger partial charge in [-0.25, -0.2) is 4.79 Å². The van der Waals surface area contributed by atoms with Crippen LogP contribution in [0, 0.1) is 0 Å². The van der Waals surface area contributed by atoms with Crippen LogP contribution in [0.2, 0.25) is 5.02 Å². The molecule has 3 rings (SSSR count). The molecule has 2 aliphatic rings. The number of hydrogen-bond donors (Lipinski definition) is 2. The molecule has 0 bridgehead atoms. The van der Waals surface area contributed by atoms with Gasteiger partial charge in [-0.1, -0.05) is 17.7 Å². The molecule has 4 heteroatoms. The van der Waals surface area contributed by atoms with Gasteiger partial charge in [-0.3, -0.25) is 0 Å². The highest BCUT2D eigenvalue weighted by atomic mass is 35.5. The second-order valence-corrected chi connectivity index (χ2v) is 5.10. The summed E-state index contributed by atoms with van der Waals surface area (Å²) in [6.45, 7) is 0. The van der Waals surface area contributed by atoms with E-state index in [1.807, 2.05) is 12.1 Å². The number of rotatable bonds is 1. The molecule has 16 heavy (non-hydrogen) atoms. The average molecular weight is 238 g/mol. The van der Waals surface area contributed by atoms with Crippen LogP contribution in [0.3, 0.4) is 0 Å². The quantitative estimate of drug-likeness (QED) is 0.789. The Hall–Kier alpha value is -1.22. The normalized spacial score (nSPS) is 30.2. The Morgan fingerprint density at radius 1 is 1.56 bits per heavy atom. The summed E-state index contributed by atoms with van der Waals surface area (Å²) in [4.78, 5) is 10.6. The second-order valence-electron chi connectivity index (χ2n) is 4.66. The van der Waals surface area contributed by atoms with Crippen LogP contribution in [-0.2, 0) is 11.8 Å². The minimum Gasteiger partial charge on any atom is -0.465 e. The topological polar surface area (TPSA) is 49.3 Å². The van der Waals surface area contributed by atoms with Gasteiger partial charge in [0, 0.05) is 16.5 Å². The summed E-state index contributed by atoms with van der Waals surface area (Å²) in [6, 6.07) is 6.03. The van der Waals surface area contributed by atoms with Crippen molar-refractivity contribution in [2.24, 2.45) is 0 Å². The van der Waals surface area contributed by atoms with Gasteiger partial charge in [0.25, 0.3) is 0 Å². The van der Waals surface area contributed by atoms with Gasteiger partial charge >= 0.3 is 6.09 Å². The Labute approximate surface area is 98.4 Å². The van der Waals surface area contributed by atoms with Crippen LogP contribution in [0.15, 0.2) is 18.2 Å². The third-order valence-corrected chi connectivity index (χ3v) is 4.06. The van der Waals surface area contributed by atoms with E-state index in [1.165, 1.54) is 11.1 Å². The third-order valence-electron chi connectivity index (χ3n) is 3.82. The van der Waals surface area contributed by atoms with E-state index in [1.54, 1.807) is 0 Å². The number of aryl methyl sites for hydroxylation is 1. The highest BCUT2D eigenvalue weighted by Gasteiger charge is 2.58. The molecule has 0 heterocycles. The Balaban J connectivity index is 1.93. The maximum Gasteiger partial charge on any atom is 0.404 e. The lowest BCUT2D eigenvalue weighted by Gasteiger charge is -2.11. The van der Waals surface area contributed by atoms with E-state index in [2.05, 4.69) is 11.4 Å². The molecule has 2 unspecified atom stereocenters. The van der Waals surface area contributed by atoms with Gasteiger partial charge in [0.2, 0.25) is 0 Å². The van der Waals surface area contributed by atoms with Gasteiger partial charge in [-0.2, -0.15) is 0 Å². The maximum atomic E-state index is 10.6. The van der Waals surface area contributed by atoms with Crippen LogP contribution in [0.5, 0.6) is 0 Å². The van der Waals surface area contributed by atoms with Crippen molar-refractivity contribution in [1.29, 1.82) is 0 Å². The fourth-order valence-corrected chi connectivity index (χ4v) is 3.11. The van der Waals surface area contributed by atoms with E-state index < -0.39 is 6.09 Å². The highest BCUT2D eigenvalue weighted by Crippen LogP contribution is 2.57. The molecule has 1 amide bonds. The van der Waals surface area contributed by atoms with Crippen molar-refractivity contribution in [1.82, 2.24) is 5.32 Å². The number of carbonyl (C=O) groups is 1. The van der Waals surface area contributed by atoms with Crippen molar-refractivity contribution in [3.8, 4) is 0 Å². The highest BCUT2D eigenvalue weighted by molar-refractivity contribution is 6.30. The van der Waals surface area contributed by atoms with E-state index in [4.69, 9.17) is 16.7 Å². The van der Waals surface area contributed by atoms with Gasteiger partial charge in [0.15, 0.2) is 0 Å². The molecule has 84 valence electrons. The molecular weight excluding hydrogens is 226 g/mol. The molecule has 1 aromatic carbocycles. The fraction of sp³-hybridized carbons (Fsp3) is 0.417. The Morgan fingerprint density at radius 2 is 2.38 bits per heavy atom. The molecular formula is C12H12ClNO2. The lowest BCUT2D eigenvalue weighted by Crippen LogP contribution is -2.28. The lowest BCUT2D eigenvalue weighted by molar-refractivity contribution is 0.193. The zero-order valence-corrected chi connectivity index (χ0v) is 9.42. The number of amides is 1. The van der Waals surface area contributed by atoms with E-state index in [0.717, 1.165) is 24.3 Å². The number of carboxylic acid groups (broad SMARTS) is 1. The van der Waals surface area contributed by atoms with E-state index in [-0.39, 0.29) is 11.5 Å². The lowest BCUT2D eigenvalue weighted by atomic mass is 9.97. The average Bonchev–Trinajstić information content (AvgIpc) is 2.76. The number of nitrogens with one attached hydrogen (secondary N) is 1. The molecule has 1 spiro atoms. The summed E-state index contributed by atoms with van der Waals surface area (Å²) < 4.78 is 0. The first-order valence-corrected chi connectivity index (χ1v) is 5.78. The van der Waals surface area contributed by atoms with Crippen molar-refractivity contribution in [3.63, 3.8) is 0 Å². The molecule has 0 aromatic heterocycles. The van der Waals surface area contributed by atoms with Gasteiger partial charge in [-0.05, 0) is 42.5 Å². The summed E-state index contributed by atoms with van der Waals surface area (Å²) in [5.41, 5.74) is 2.61. The van der Waals surface area contributed by atoms with Crippen LogP contribution >= 0.6 is 11.6 Å². The van der Waals surface area contributed by atoms with Crippen LogP contribution in [0.25, 0.3) is 0 Å². The van der Waals surface area contributed by atoms with Crippen LogP contribution < -0.4 is 5.32 Å². The molecule has 0 aliphatic heterocycles. The first-order chi connectivity index (χ1) is 7.62. The van der Waals surface area contributed by atoms with Gasteiger partial charge in [-0.15, -0.1) is 0 Å². The molecule has 1 saturated carbocycles. The number of hydrogen-bond acceptors (Lipinski definition) is 1. The van der Waals surface area contributed by atoms with Crippen molar-refractivity contribution >= 4 is 17.7 Å². The first kappa shape index (κ1) is 9.97. The van der Waals surface area contributed by atoms with Gasteiger partial charge in [0.05, 0.1) is 0 Å². The molecule has 0 saturated heterocycles. The summed E-state index contributed by atoms with van der Waals surface area (Å²) in [5.74, 6) is 0. The Kier molecular flexibility index (Phi) is 1.96. The van der Waals surface area contributed by atoms with Crippen LogP contribution in [0.1, 0.15) is 24.0 Å². The molecule has 2 N–H and O–H groups in total. The SMILES string of the molecule is O=C(O)NC1CC12CCc1ccc(Cl)cc12. The minimum absolute atomic E-state index is 0.0403. The van der Waals surface area contributed by atoms with E-state index in [9.17, 15) is 4.79 Å². The molecule has 0 radical (unpaired) electrons. The first-order valence-electron chi connectivity index (χ1n) is 5.40. The Bertz CT molecular complexity index is 474. The number of benzene rings is 1. The van der Waals surface area contributed by atoms with E-state index >= 15 is 0 Å². The summed E-state index contributed by atoms with van der Waals surface area (Å²) in [7, 11) is 0. The summed E-state index contributed by atoms with van der Waals surface area (Å²) in [5, 5.41) is 12.1. The standard InChI is InChI=1S/C12H12ClNO2/c13-8-2-1-7-3-4-12(9(7)5-8)6-10(12)14-11(15)16/h1-2,5,10,14H,3-4,6H2,(H,15,16). The monoisotopic (exact) mass is 237 g/mol. The Morgan fingerprint density at radius 3 is 3.12 bits per heavy atom. The zero-order chi connectivity index (χ0) is 11.3. The van der Waals surface area contributed by atoms with Crippen molar-refractivity contribution < 1.29 is 9.90 Å². The largest absolute Gasteiger partial charge is 0.465 e. The van der Waals surface area contributed by atoms with Crippen LogP contribution in [0.4, 0.5) is 4.79 Å².